The van der Waals surface area contributed by atoms with Crippen LogP contribution in [0.1, 0.15) is 0 Å². The van der Waals surface area contributed by atoms with E-state index in [-0.39, 0.29) is 5.75 Å². The summed E-state index contributed by atoms with van der Waals surface area (Å²) < 4.78 is 9.80. The van der Waals surface area contributed by atoms with Gasteiger partial charge in [-0.25, -0.2) is 0 Å². The minimum absolute atomic E-state index is 0.140. The molecule has 0 amide bonds. The van der Waals surface area contributed by atoms with Gasteiger partial charge in [0.25, 0.3) is 0 Å². The summed E-state index contributed by atoms with van der Waals surface area (Å²) in [6.07, 6.45) is 0. The fraction of sp³-hybridized carbons (Fsp3) is 0.100. The van der Waals surface area contributed by atoms with E-state index < -0.39 is 0 Å². The Kier molecular flexibility index (Phi) is 6.08. The molecule has 0 aliphatic heterocycles. The third-order valence-corrected chi connectivity index (χ3v) is 3.31. The van der Waals surface area contributed by atoms with Gasteiger partial charge < -0.3 is 19.7 Å². The lowest BCUT2D eigenvalue weighted by Gasteiger charge is -2.03. The van der Waals surface area contributed by atoms with Crippen molar-refractivity contribution in [1.82, 2.24) is 0 Å². The van der Waals surface area contributed by atoms with E-state index in [1.807, 2.05) is 42.5 Å². The molecule has 0 fully saturated rings. The molecular weight excluding hydrogens is 304 g/mol. The molecule has 0 aromatic heterocycles. The second-order valence-electron chi connectivity index (χ2n) is 4.98. The Morgan fingerprint density at radius 2 is 1.08 bits per heavy atom. The van der Waals surface area contributed by atoms with Crippen LogP contribution in [0.4, 0.5) is 0 Å². The molecule has 124 valence electrons. The van der Waals surface area contributed by atoms with Crippen LogP contribution in [-0.4, -0.2) is 24.4 Å². The molecule has 0 saturated heterocycles. The van der Waals surface area contributed by atoms with Crippen LogP contribution in [0.2, 0.25) is 0 Å². The molecule has 0 atom stereocenters. The SMILES string of the molecule is COc1cc(O)cc(OC)c1.Oc1ccc(-c2ccccc2)cc1. The maximum Gasteiger partial charge on any atom is 0.126 e. The van der Waals surface area contributed by atoms with Gasteiger partial charge in [-0.2, -0.15) is 0 Å². The number of phenols is 2. The van der Waals surface area contributed by atoms with Gasteiger partial charge in [0.1, 0.15) is 23.0 Å². The molecule has 0 unspecified atom stereocenters. The lowest BCUT2D eigenvalue weighted by Crippen LogP contribution is -1.85. The van der Waals surface area contributed by atoms with Crippen molar-refractivity contribution in [3.05, 3.63) is 72.8 Å². The van der Waals surface area contributed by atoms with Crippen LogP contribution in [0.15, 0.2) is 72.8 Å². The van der Waals surface area contributed by atoms with Gasteiger partial charge in [-0.15, -0.1) is 0 Å². The first-order valence-electron chi connectivity index (χ1n) is 7.39. The lowest BCUT2D eigenvalue weighted by molar-refractivity contribution is 0.385. The van der Waals surface area contributed by atoms with E-state index in [1.54, 1.807) is 18.2 Å². The normalized spacial score (nSPS) is 9.58. The summed E-state index contributed by atoms with van der Waals surface area (Å²) in [7, 11) is 3.07. The fourth-order valence-electron chi connectivity index (χ4n) is 2.08. The van der Waals surface area contributed by atoms with Crippen molar-refractivity contribution in [3.63, 3.8) is 0 Å². The lowest BCUT2D eigenvalue weighted by atomic mass is 10.1. The molecule has 4 nitrogen and oxygen atoms in total. The minimum Gasteiger partial charge on any atom is -0.508 e. The summed E-state index contributed by atoms with van der Waals surface area (Å²) in [5, 5.41) is 18.2. The molecule has 0 bridgehead atoms. The standard InChI is InChI=1S/C12H10O.C8H10O3/c13-12-8-6-11(7-9-12)10-4-2-1-3-5-10;1-10-7-3-6(9)4-8(5-7)11-2/h1-9,13H;3-5,9H,1-2H3. The maximum absolute atomic E-state index is 9.10. The molecule has 3 rings (SSSR count). The summed E-state index contributed by atoms with van der Waals surface area (Å²) in [6.45, 7) is 0. The van der Waals surface area contributed by atoms with Crippen LogP contribution in [0.5, 0.6) is 23.0 Å². The summed E-state index contributed by atoms with van der Waals surface area (Å²) >= 11 is 0. The monoisotopic (exact) mass is 324 g/mol. The average molecular weight is 324 g/mol. The zero-order valence-electron chi connectivity index (χ0n) is 13.6. The first-order valence-corrected chi connectivity index (χ1v) is 7.39. The number of methoxy groups -OCH3 is 2. The maximum atomic E-state index is 9.10. The molecule has 4 heteroatoms. The molecule has 0 aliphatic carbocycles. The van der Waals surface area contributed by atoms with Gasteiger partial charge in [-0.1, -0.05) is 42.5 Å². The van der Waals surface area contributed by atoms with Crippen LogP contribution in [-0.2, 0) is 0 Å². The quantitative estimate of drug-likeness (QED) is 0.746. The Morgan fingerprint density at radius 3 is 1.58 bits per heavy atom. The average Bonchev–Trinajstić information content (AvgIpc) is 2.63. The Labute approximate surface area is 141 Å². The molecular formula is C20H20O4. The predicted molar refractivity (Wildman–Crippen MR) is 94.8 cm³/mol. The zero-order valence-corrected chi connectivity index (χ0v) is 13.6. The second kappa shape index (κ2) is 8.48. The molecule has 3 aromatic rings. The van der Waals surface area contributed by atoms with E-state index in [4.69, 9.17) is 19.7 Å². The molecule has 0 spiro atoms. The first kappa shape index (κ1) is 17.2. The van der Waals surface area contributed by atoms with Crippen LogP contribution in [0.25, 0.3) is 11.1 Å². The third kappa shape index (κ3) is 4.95. The molecule has 0 saturated carbocycles. The van der Waals surface area contributed by atoms with Gasteiger partial charge in [0, 0.05) is 18.2 Å². The second-order valence-corrected chi connectivity index (χ2v) is 4.98. The van der Waals surface area contributed by atoms with E-state index in [0.29, 0.717) is 17.2 Å². The van der Waals surface area contributed by atoms with Crippen LogP contribution < -0.4 is 9.47 Å². The number of hydrogen-bond donors (Lipinski definition) is 2. The number of rotatable bonds is 3. The van der Waals surface area contributed by atoms with E-state index >= 15 is 0 Å². The van der Waals surface area contributed by atoms with E-state index in [1.165, 1.54) is 31.9 Å². The van der Waals surface area contributed by atoms with E-state index in [2.05, 4.69) is 0 Å². The molecule has 0 radical (unpaired) electrons. The number of ether oxygens (including phenoxy) is 2. The number of aromatic hydroxyl groups is 2. The van der Waals surface area contributed by atoms with Crippen molar-refractivity contribution in [2.75, 3.05) is 14.2 Å². The Balaban J connectivity index is 0.000000177. The van der Waals surface area contributed by atoms with Crippen molar-refractivity contribution in [2.45, 2.75) is 0 Å². The summed E-state index contributed by atoms with van der Waals surface area (Å²) in [5.41, 5.74) is 2.29. The highest BCUT2D eigenvalue weighted by atomic mass is 16.5. The van der Waals surface area contributed by atoms with Crippen molar-refractivity contribution in [2.24, 2.45) is 0 Å². The first-order chi connectivity index (χ1) is 11.6. The van der Waals surface area contributed by atoms with Gasteiger partial charge in [0.15, 0.2) is 0 Å². The zero-order chi connectivity index (χ0) is 17.4. The Morgan fingerprint density at radius 1 is 0.583 bits per heavy atom. The van der Waals surface area contributed by atoms with Crippen molar-refractivity contribution in [3.8, 4) is 34.1 Å². The van der Waals surface area contributed by atoms with Crippen LogP contribution >= 0.6 is 0 Å². The molecule has 0 heterocycles. The molecule has 2 N–H and O–H groups in total. The number of benzene rings is 3. The van der Waals surface area contributed by atoms with Gasteiger partial charge in [0.2, 0.25) is 0 Å². The van der Waals surface area contributed by atoms with Gasteiger partial charge in [0.05, 0.1) is 14.2 Å². The molecule has 3 aromatic carbocycles. The molecule has 24 heavy (non-hydrogen) atoms. The largest absolute Gasteiger partial charge is 0.508 e. The fourth-order valence-corrected chi connectivity index (χ4v) is 2.08. The predicted octanol–water partition coefficient (Wildman–Crippen LogP) is 4.47. The number of hydrogen-bond acceptors (Lipinski definition) is 4. The molecule has 0 aliphatic rings. The topological polar surface area (TPSA) is 58.9 Å². The van der Waals surface area contributed by atoms with E-state index in [0.717, 1.165) is 5.56 Å². The Hall–Kier alpha value is -3.14. The highest BCUT2D eigenvalue weighted by molar-refractivity contribution is 5.63. The van der Waals surface area contributed by atoms with Crippen molar-refractivity contribution >= 4 is 0 Å². The van der Waals surface area contributed by atoms with Crippen LogP contribution in [0, 0.1) is 0 Å². The summed E-state index contributed by atoms with van der Waals surface area (Å²) in [5.74, 6) is 1.62. The van der Waals surface area contributed by atoms with Gasteiger partial charge >= 0.3 is 0 Å². The minimum atomic E-state index is 0.140. The van der Waals surface area contributed by atoms with Gasteiger partial charge in [-0.3, -0.25) is 0 Å². The highest BCUT2D eigenvalue weighted by Crippen LogP contribution is 2.25. The highest BCUT2D eigenvalue weighted by Gasteiger charge is 1.98. The Bertz CT molecular complexity index is 730. The van der Waals surface area contributed by atoms with Crippen molar-refractivity contribution in [1.29, 1.82) is 0 Å². The summed E-state index contributed by atoms with van der Waals surface area (Å²) in [4.78, 5) is 0. The van der Waals surface area contributed by atoms with Gasteiger partial charge in [-0.05, 0) is 23.3 Å². The summed E-state index contributed by atoms with van der Waals surface area (Å²) in [6, 6.07) is 22.0. The van der Waals surface area contributed by atoms with Crippen molar-refractivity contribution < 1.29 is 19.7 Å². The smallest absolute Gasteiger partial charge is 0.126 e. The third-order valence-electron chi connectivity index (χ3n) is 3.31. The van der Waals surface area contributed by atoms with E-state index in [9.17, 15) is 0 Å². The van der Waals surface area contributed by atoms with Crippen LogP contribution in [0.3, 0.4) is 0 Å². The number of phenolic OH excluding ortho intramolecular Hbond substituents is 2.